The molecule has 1 aliphatic heterocycles. The molecule has 1 aromatic carbocycles. The van der Waals surface area contributed by atoms with Crippen LogP contribution in [0.15, 0.2) is 18.2 Å². The summed E-state index contributed by atoms with van der Waals surface area (Å²) in [5, 5.41) is 3.22. The molecule has 2 amide bonds. The van der Waals surface area contributed by atoms with E-state index in [2.05, 4.69) is 5.32 Å². The molecule has 96 valence electrons. The number of hydrogen-bond acceptors (Lipinski definition) is 2. The molecule has 0 saturated heterocycles. The van der Waals surface area contributed by atoms with Crippen molar-refractivity contribution in [1.82, 2.24) is 5.32 Å². The molecule has 1 aliphatic rings. The Balaban J connectivity index is 2.46. The highest BCUT2D eigenvalue weighted by Gasteiger charge is 2.38. The first-order valence-electron chi connectivity index (χ1n) is 5.93. The maximum atomic E-state index is 12.3. The lowest BCUT2D eigenvalue weighted by atomic mass is 10.1. The van der Waals surface area contributed by atoms with E-state index in [9.17, 15) is 9.59 Å². The van der Waals surface area contributed by atoms with Crippen LogP contribution in [0.2, 0.25) is 5.02 Å². The van der Waals surface area contributed by atoms with E-state index in [1.807, 2.05) is 13.0 Å². The highest BCUT2D eigenvalue weighted by atomic mass is 35.5. The van der Waals surface area contributed by atoms with E-state index in [0.717, 1.165) is 17.7 Å². The van der Waals surface area contributed by atoms with E-state index >= 15 is 0 Å². The van der Waals surface area contributed by atoms with Gasteiger partial charge < -0.3 is 10.2 Å². The molecule has 5 heteroatoms. The van der Waals surface area contributed by atoms with Crippen LogP contribution in [-0.2, 0) is 9.59 Å². The number of anilines is 1. The van der Waals surface area contributed by atoms with Gasteiger partial charge in [0.1, 0.15) is 6.04 Å². The third-order valence-corrected chi connectivity index (χ3v) is 3.21. The van der Waals surface area contributed by atoms with Gasteiger partial charge in [-0.05, 0) is 12.5 Å². The average molecular weight is 267 g/mol. The van der Waals surface area contributed by atoms with E-state index in [1.54, 1.807) is 17.0 Å². The zero-order valence-corrected chi connectivity index (χ0v) is 11.1. The van der Waals surface area contributed by atoms with E-state index in [0.29, 0.717) is 11.6 Å². The van der Waals surface area contributed by atoms with Crippen molar-refractivity contribution in [2.75, 3.05) is 11.4 Å². The molecule has 0 unspecified atom stereocenters. The molecule has 18 heavy (non-hydrogen) atoms. The Bertz CT molecular complexity index is 502. The van der Waals surface area contributed by atoms with Gasteiger partial charge in [0.2, 0.25) is 5.91 Å². The predicted octanol–water partition coefficient (Wildman–Crippen LogP) is 2.27. The van der Waals surface area contributed by atoms with Crippen molar-refractivity contribution in [3.8, 4) is 0 Å². The Labute approximate surface area is 111 Å². The fourth-order valence-electron chi connectivity index (χ4n) is 2.24. The number of rotatable bonds is 3. The quantitative estimate of drug-likeness (QED) is 0.912. The van der Waals surface area contributed by atoms with Gasteiger partial charge in [0.05, 0.1) is 10.7 Å². The number of nitrogens with one attached hydrogen (secondary N) is 1. The lowest BCUT2D eigenvalue weighted by Gasteiger charge is -2.17. The van der Waals surface area contributed by atoms with Crippen molar-refractivity contribution < 1.29 is 9.59 Å². The van der Waals surface area contributed by atoms with Crippen LogP contribution in [0.1, 0.15) is 31.9 Å². The number of halogens is 1. The third kappa shape index (κ3) is 2.08. The van der Waals surface area contributed by atoms with Gasteiger partial charge in [0.15, 0.2) is 0 Å². The Morgan fingerprint density at radius 2 is 2.22 bits per heavy atom. The number of para-hydroxylation sites is 1. The minimum Gasteiger partial charge on any atom is -0.341 e. The molecular formula is C13H15ClN2O2. The molecule has 1 aromatic rings. The number of nitrogens with zero attached hydrogens (tertiary/aromatic N) is 1. The van der Waals surface area contributed by atoms with E-state index < -0.39 is 6.04 Å². The third-order valence-electron chi connectivity index (χ3n) is 2.91. The second-order valence-electron chi connectivity index (χ2n) is 4.30. The van der Waals surface area contributed by atoms with Gasteiger partial charge >= 0.3 is 0 Å². The summed E-state index contributed by atoms with van der Waals surface area (Å²) in [4.78, 5) is 25.1. The van der Waals surface area contributed by atoms with Crippen molar-refractivity contribution >= 4 is 29.1 Å². The molecule has 0 bridgehead atoms. The molecular weight excluding hydrogens is 252 g/mol. The minimum atomic E-state index is -0.609. The van der Waals surface area contributed by atoms with E-state index in [1.165, 1.54) is 6.92 Å². The van der Waals surface area contributed by atoms with Crippen LogP contribution in [0.3, 0.4) is 0 Å². The van der Waals surface area contributed by atoms with Crippen LogP contribution in [-0.4, -0.2) is 18.4 Å². The number of carbonyl (C=O) groups excluding carboxylic acids is 2. The Morgan fingerprint density at radius 1 is 1.50 bits per heavy atom. The Morgan fingerprint density at radius 3 is 2.83 bits per heavy atom. The standard InChI is InChI=1S/C13H15ClN2O2/c1-3-7-16-12-9(5-4-6-10(12)14)11(13(16)18)15-8(2)17/h4-6,11H,3,7H2,1-2H3,(H,15,17)/t11-/m1/s1. The molecule has 0 fully saturated rings. The summed E-state index contributed by atoms with van der Waals surface area (Å²) in [5.41, 5.74) is 1.50. The monoisotopic (exact) mass is 266 g/mol. The fourth-order valence-corrected chi connectivity index (χ4v) is 2.52. The molecule has 0 aliphatic carbocycles. The van der Waals surface area contributed by atoms with Crippen LogP contribution < -0.4 is 10.2 Å². The first-order valence-corrected chi connectivity index (χ1v) is 6.31. The second kappa shape index (κ2) is 4.98. The zero-order valence-electron chi connectivity index (χ0n) is 10.4. The van der Waals surface area contributed by atoms with Gasteiger partial charge in [-0.1, -0.05) is 30.7 Å². The fraction of sp³-hybridized carbons (Fsp3) is 0.385. The van der Waals surface area contributed by atoms with Crippen molar-refractivity contribution in [1.29, 1.82) is 0 Å². The second-order valence-corrected chi connectivity index (χ2v) is 4.71. The molecule has 0 spiro atoms. The first-order chi connectivity index (χ1) is 8.56. The maximum Gasteiger partial charge on any atom is 0.254 e. The van der Waals surface area contributed by atoms with Crippen molar-refractivity contribution in [3.63, 3.8) is 0 Å². The Hall–Kier alpha value is -1.55. The van der Waals surface area contributed by atoms with Gasteiger partial charge in [0, 0.05) is 19.0 Å². The normalized spacial score (nSPS) is 17.8. The van der Waals surface area contributed by atoms with Gasteiger partial charge in [0.25, 0.3) is 5.91 Å². The SMILES string of the molecule is CCCN1C(=O)[C@H](NC(C)=O)c2cccc(Cl)c21. The number of carbonyl (C=O) groups is 2. The molecule has 0 radical (unpaired) electrons. The van der Waals surface area contributed by atoms with Gasteiger partial charge in [-0.2, -0.15) is 0 Å². The smallest absolute Gasteiger partial charge is 0.254 e. The lowest BCUT2D eigenvalue weighted by molar-refractivity contribution is -0.126. The summed E-state index contributed by atoms with van der Waals surface area (Å²) >= 11 is 6.16. The number of benzene rings is 1. The molecule has 0 aromatic heterocycles. The molecule has 4 nitrogen and oxygen atoms in total. The largest absolute Gasteiger partial charge is 0.341 e. The van der Waals surface area contributed by atoms with E-state index in [-0.39, 0.29) is 11.8 Å². The van der Waals surface area contributed by atoms with Crippen molar-refractivity contribution in [2.45, 2.75) is 26.3 Å². The van der Waals surface area contributed by atoms with Crippen LogP contribution in [0, 0.1) is 0 Å². The van der Waals surface area contributed by atoms with Gasteiger partial charge in [-0.3, -0.25) is 9.59 Å². The van der Waals surface area contributed by atoms with Crippen molar-refractivity contribution in [3.05, 3.63) is 28.8 Å². The zero-order chi connectivity index (χ0) is 13.3. The maximum absolute atomic E-state index is 12.3. The molecule has 1 heterocycles. The Kier molecular flexibility index (Phi) is 3.57. The molecule has 1 atom stereocenters. The first kappa shape index (κ1) is 12.9. The highest BCUT2D eigenvalue weighted by Crippen LogP contribution is 2.40. The van der Waals surface area contributed by atoms with Crippen LogP contribution in [0.4, 0.5) is 5.69 Å². The van der Waals surface area contributed by atoms with Crippen LogP contribution in [0.25, 0.3) is 0 Å². The summed E-state index contributed by atoms with van der Waals surface area (Å²) in [6, 6.07) is 4.77. The topological polar surface area (TPSA) is 49.4 Å². The average Bonchev–Trinajstić information content (AvgIpc) is 2.56. The summed E-state index contributed by atoms with van der Waals surface area (Å²) in [6.45, 7) is 4.00. The molecule has 1 N–H and O–H groups in total. The van der Waals surface area contributed by atoms with Gasteiger partial charge in [-0.15, -0.1) is 0 Å². The summed E-state index contributed by atoms with van der Waals surface area (Å²) in [7, 11) is 0. The van der Waals surface area contributed by atoms with Crippen LogP contribution in [0.5, 0.6) is 0 Å². The molecule has 0 saturated carbocycles. The van der Waals surface area contributed by atoms with Crippen molar-refractivity contribution in [2.24, 2.45) is 0 Å². The summed E-state index contributed by atoms with van der Waals surface area (Å²) < 4.78 is 0. The predicted molar refractivity (Wildman–Crippen MR) is 70.7 cm³/mol. The highest BCUT2D eigenvalue weighted by molar-refractivity contribution is 6.34. The molecule has 2 rings (SSSR count). The number of fused-ring (bicyclic) bond motifs is 1. The number of hydrogen-bond donors (Lipinski definition) is 1. The number of amides is 2. The van der Waals surface area contributed by atoms with Gasteiger partial charge in [-0.25, -0.2) is 0 Å². The minimum absolute atomic E-state index is 0.116. The van der Waals surface area contributed by atoms with Crippen LogP contribution >= 0.6 is 11.6 Å². The summed E-state index contributed by atoms with van der Waals surface area (Å²) in [5.74, 6) is -0.340. The van der Waals surface area contributed by atoms with E-state index in [4.69, 9.17) is 11.6 Å². The summed E-state index contributed by atoms with van der Waals surface area (Å²) in [6.07, 6.45) is 0.837. The lowest BCUT2D eigenvalue weighted by Crippen LogP contribution is -2.36.